The van der Waals surface area contributed by atoms with E-state index in [0.717, 1.165) is 42.4 Å². The van der Waals surface area contributed by atoms with Gasteiger partial charge in [-0.2, -0.15) is 5.10 Å². The Morgan fingerprint density at radius 1 is 1.29 bits per heavy atom. The van der Waals surface area contributed by atoms with Crippen molar-refractivity contribution < 1.29 is 9.82 Å². The number of piperidine rings is 1. The van der Waals surface area contributed by atoms with Crippen molar-refractivity contribution in [3.8, 4) is 0 Å². The van der Waals surface area contributed by atoms with Gasteiger partial charge in [-0.15, -0.1) is 11.3 Å². The summed E-state index contributed by atoms with van der Waals surface area (Å²) in [4.78, 5) is 17.0. The average molecular weight is 394 g/mol. The van der Waals surface area contributed by atoms with Gasteiger partial charge in [-0.3, -0.25) is 10.1 Å². The van der Waals surface area contributed by atoms with Gasteiger partial charge in [-0.05, 0) is 31.0 Å². The van der Waals surface area contributed by atoms with Crippen LogP contribution in [-0.2, 0) is 6.67 Å². The molecule has 5 rings (SSSR count). The van der Waals surface area contributed by atoms with E-state index in [2.05, 4.69) is 23.3 Å². The Morgan fingerprint density at radius 2 is 2.18 bits per heavy atom. The molecule has 142 valence electrons. The number of likely N-dealkylation sites (tertiary alicyclic amines) is 1. The zero-order chi connectivity index (χ0) is 19.1. The van der Waals surface area contributed by atoms with Crippen molar-refractivity contribution in [1.29, 1.82) is 0 Å². The standard InChI is InChI=1S/C20H19N5O2S/c26-25(27)16-8-7-14-11-21-24(18(14)10-16)13-23-9-3-4-15(12-23)20-22-17-5-1-2-6-19(17)28-20/h1-2,5-8,10-11,15H,3-4,9,12-13H2/p+1/t15-/m1/s1. The van der Waals surface area contributed by atoms with E-state index in [4.69, 9.17) is 4.98 Å². The van der Waals surface area contributed by atoms with Crippen molar-refractivity contribution in [2.45, 2.75) is 25.4 Å². The fourth-order valence-corrected chi connectivity index (χ4v) is 5.18. The monoisotopic (exact) mass is 394 g/mol. The molecule has 1 unspecified atom stereocenters. The number of hydrogen-bond acceptors (Lipinski definition) is 5. The summed E-state index contributed by atoms with van der Waals surface area (Å²) in [6.07, 6.45) is 4.09. The highest BCUT2D eigenvalue weighted by atomic mass is 32.1. The number of benzene rings is 2. The molecule has 7 nitrogen and oxygen atoms in total. The maximum absolute atomic E-state index is 11.1. The van der Waals surface area contributed by atoms with Gasteiger partial charge < -0.3 is 4.90 Å². The molecule has 0 aliphatic carbocycles. The molecule has 0 bridgehead atoms. The Labute approximate surface area is 165 Å². The minimum absolute atomic E-state index is 0.107. The number of aromatic nitrogens is 3. The number of nitrogens with one attached hydrogen (secondary N) is 1. The molecule has 2 aromatic carbocycles. The third-order valence-corrected chi connectivity index (χ3v) is 6.69. The van der Waals surface area contributed by atoms with Gasteiger partial charge in [0.15, 0.2) is 6.67 Å². The van der Waals surface area contributed by atoms with E-state index in [0.29, 0.717) is 12.6 Å². The molecule has 28 heavy (non-hydrogen) atoms. The first-order valence-corrected chi connectivity index (χ1v) is 10.3. The van der Waals surface area contributed by atoms with Crippen LogP contribution >= 0.6 is 11.3 Å². The SMILES string of the molecule is O=[N+]([O-])c1ccc2cnn(C[NH+]3CCC[C@@H](c4nc5ccccc5s4)C3)c2c1. The predicted molar refractivity (Wildman–Crippen MR) is 109 cm³/mol. The van der Waals surface area contributed by atoms with Crippen molar-refractivity contribution in [3.63, 3.8) is 0 Å². The molecule has 4 aromatic rings. The number of fused-ring (bicyclic) bond motifs is 2. The Kier molecular flexibility index (Phi) is 4.29. The molecule has 1 saturated heterocycles. The van der Waals surface area contributed by atoms with Crippen LogP contribution in [0, 0.1) is 10.1 Å². The highest BCUT2D eigenvalue weighted by molar-refractivity contribution is 7.18. The lowest BCUT2D eigenvalue weighted by Gasteiger charge is -2.28. The number of hydrogen-bond donors (Lipinski definition) is 1. The first kappa shape index (κ1) is 17.3. The summed E-state index contributed by atoms with van der Waals surface area (Å²) in [6.45, 7) is 2.81. The summed E-state index contributed by atoms with van der Waals surface area (Å²) >= 11 is 1.80. The molecule has 3 heterocycles. The lowest BCUT2D eigenvalue weighted by atomic mass is 9.99. The summed E-state index contributed by atoms with van der Waals surface area (Å²) in [5.41, 5.74) is 2.01. The number of nitro groups is 1. The minimum Gasteiger partial charge on any atom is -0.316 e. The summed E-state index contributed by atoms with van der Waals surface area (Å²) in [5, 5.41) is 17.7. The van der Waals surface area contributed by atoms with Crippen LogP contribution in [0.15, 0.2) is 48.7 Å². The van der Waals surface area contributed by atoms with Gasteiger partial charge in [0.05, 0.1) is 45.9 Å². The topological polar surface area (TPSA) is 78.3 Å². The van der Waals surface area contributed by atoms with Crippen molar-refractivity contribution in [2.75, 3.05) is 13.1 Å². The minimum atomic E-state index is -0.353. The lowest BCUT2D eigenvalue weighted by molar-refractivity contribution is -0.929. The third kappa shape index (κ3) is 3.14. The molecule has 2 aromatic heterocycles. The smallest absolute Gasteiger partial charge is 0.271 e. The summed E-state index contributed by atoms with van der Waals surface area (Å²) in [7, 11) is 0. The summed E-state index contributed by atoms with van der Waals surface area (Å²) in [6, 6.07) is 13.2. The van der Waals surface area contributed by atoms with Crippen molar-refractivity contribution >= 4 is 38.1 Å². The molecule has 0 spiro atoms. The number of non-ortho nitro benzene ring substituents is 1. The summed E-state index contributed by atoms with van der Waals surface area (Å²) in [5.74, 6) is 0.456. The first-order valence-electron chi connectivity index (χ1n) is 9.46. The summed E-state index contributed by atoms with van der Waals surface area (Å²) < 4.78 is 3.15. The third-order valence-electron chi connectivity index (χ3n) is 5.49. The highest BCUT2D eigenvalue weighted by Crippen LogP contribution is 2.30. The van der Waals surface area contributed by atoms with Crippen LogP contribution in [0.1, 0.15) is 23.8 Å². The number of rotatable bonds is 4. The molecule has 0 amide bonds. The second-order valence-corrected chi connectivity index (χ2v) is 8.43. The normalized spacial score (nSPS) is 20.0. The average Bonchev–Trinajstić information content (AvgIpc) is 3.32. The Hall–Kier alpha value is -2.84. The fourth-order valence-electron chi connectivity index (χ4n) is 4.08. The number of nitro benzene ring substituents is 1. The van der Waals surface area contributed by atoms with Gasteiger partial charge in [-0.1, -0.05) is 12.1 Å². The molecule has 0 radical (unpaired) electrons. The number of para-hydroxylation sites is 1. The van der Waals surface area contributed by atoms with E-state index in [1.807, 2.05) is 10.7 Å². The van der Waals surface area contributed by atoms with E-state index < -0.39 is 0 Å². The van der Waals surface area contributed by atoms with Crippen molar-refractivity contribution in [3.05, 3.63) is 63.8 Å². The van der Waals surface area contributed by atoms with Crippen molar-refractivity contribution in [2.24, 2.45) is 0 Å². The Morgan fingerprint density at radius 3 is 3.04 bits per heavy atom. The van der Waals surface area contributed by atoms with Gasteiger partial charge in [0.1, 0.15) is 5.01 Å². The lowest BCUT2D eigenvalue weighted by Crippen LogP contribution is -3.12. The number of nitrogens with zero attached hydrogens (tertiary/aromatic N) is 4. The molecule has 1 aliphatic heterocycles. The van der Waals surface area contributed by atoms with Crippen LogP contribution in [-0.4, -0.2) is 32.8 Å². The van der Waals surface area contributed by atoms with E-state index in [9.17, 15) is 10.1 Å². The van der Waals surface area contributed by atoms with E-state index in [1.54, 1.807) is 29.7 Å². The molecule has 1 aliphatic rings. The quantitative estimate of drug-likeness (QED) is 0.426. The number of thiazole rings is 1. The predicted octanol–water partition coefficient (Wildman–Crippen LogP) is 2.97. The van der Waals surface area contributed by atoms with Gasteiger partial charge in [0.25, 0.3) is 5.69 Å². The Bertz CT molecular complexity index is 1130. The molecule has 1 fully saturated rings. The molecule has 8 heteroatoms. The van der Waals surface area contributed by atoms with E-state index >= 15 is 0 Å². The Balaban J connectivity index is 1.37. The van der Waals surface area contributed by atoms with Crippen LogP contribution < -0.4 is 4.90 Å². The van der Waals surface area contributed by atoms with Gasteiger partial charge >= 0.3 is 0 Å². The van der Waals surface area contributed by atoms with Gasteiger partial charge in [-0.25, -0.2) is 9.67 Å². The second kappa shape index (κ2) is 6.96. The first-order chi connectivity index (χ1) is 13.7. The molecular weight excluding hydrogens is 374 g/mol. The second-order valence-electron chi connectivity index (χ2n) is 7.37. The largest absolute Gasteiger partial charge is 0.316 e. The van der Waals surface area contributed by atoms with Crippen LogP contribution in [0.3, 0.4) is 0 Å². The van der Waals surface area contributed by atoms with Crippen molar-refractivity contribution in [1.82, 2.24) is 14.8 Å². The van der Waals surface area contributed by atoms with Gasteiger partial charge in [0, 0.05) is 17.5 Å². The van der Waals surface area contributed by atoms with Crippen LogP contribution in [0.25, 0.3) is 21.1 Å². The maximum atomic E-state index is 11.1. The fraction of sp³-hybridized carbons (Fsp3) is 0.300. The molecule has 0 saturated carbocycles. The number of quaternary nitrogens is 1. The van der Waals surface area contributed by atoms with Crippen LogP contribution in [0.4, 0.5) is 5.69 Å². The highest BCUT2D eigenvalue weighted by Gasteiger charge is 2.27. The van der Waals surface area contributed by atoms with Crippen LogP contribution in [0.2, 0.25) is 0 Å². The zero-order valence-corrected chi connectivity index (χ0v) is 16.1. The van der Waals surface area contributed by atoms with Crippen LogP contribution in [0.5, 0.6) is 0 Å². The van der Waals surface area contributed by atoms with E-state index in [1.165, 1.54) is 20.7 Å². The van der Waals surface area contributed by atoms with E-state index in [-0.39, 0.29) is 10.6 Å². The molecule has 2 atom stereocenters. The molecule has 1 N–H and O–H groups in total. The van der Waals surface area contributed by atoms with Gasteiger partial charge in [0.2, 0.25) is 0 Å². The molecular formula is C20H20N5O2S+. The maximum Gasteiger partial charge on any atom is 0.271 e. The zero-order valence-electron chi connectivity index (χ0n) is 15.2.